The first-order valence-electron chi connectivity index (χ1n) is 8.57. The van der Waals surface area contributed by atoms with E-state index in [0.717, 1.165) is 23.0 Å². The number of amidine groups is 1. The number of carbonyl (C=O) groups excluding carboxylic acids is 1. The van der Waals surface area contributed by atoms with Crippen molar-refractivity contribution in [3.05, 3.63) is 59.2 Å². The summed E-state index contributed by atoms with van der Waals surface area (Å²) in [6, 6.07) is 13.2. The molecule has 0 radical (unpaired) electrons. The molecule has 0 spiro atoms. The third-order valence-corrected chi connectivity index (χ3v) is 5.39. The highest BCUT2D eigenvalue weighted by atomic mass is 32.2. The van der Waals surface area contributed by atoms with Gasteiger partial charge in [0.05, 0.1) is 28.6 Å². The molecular weight excluding hydrogens is 392 g/mol. The number of nitrogens with zero attached hydrogens (tertiary/aromatic N) is 4. The molecule has 148 valence electrons. The van der Waals surface area contributed by atoms with E-state index in [9.17, 15) is 9.59 Å². The van der Waals surface area contributed by atoms with Crippen molar-refractivity contribution >= 4 is 40.2 Å². The molecule has 1 amide bonds. The lowest BCUT2D eigenvalue weighted by Gasteiger charge is -2.21. The van der Waals surface area contributed by atoms with Gasteiger partial charge in [-0.2, -0.15) is 10.4 Å². The lowest BCUT2D eigenvalue weighted by molar-refractivity contribution is -0.116. The number of rotatable bonds is 4. The number of aromatic carboxylic acids is 1. The van der Waals surface area contributed by atoms with Crippen LogP contribution >= 0.6 is 11.8 Å². The van der Waals surface area contributed by atoms with Crippen LogP contribution in [0.4, 0.5) is 11.4 Å². The molecule has 3 rings (SSSR count). The summed E-state index contributed by atoms with van der Waals surface area (Å²) in [6.45, 7) is 0.543. The predicted octanol–water partition coefficient (Wildman–Crippen LogP) is 1.49. The number of thioether (sulfide) groups is 1. The molecule has 2 aromatic carbocycles. The highest BCUT2D eigenvalue weighted by Crippen LogP contribution is 2.29. The van der Waals surface area contributed by atoms with Crippen molar-refractivity contribution in [1.82, 2.24) is 0 Å². The highest BCUT2D eigenvalue weighted by molar-refractivity contribution is 8.14. The molecule has 1 heterocycles. The number of fused-ring (bicyclic) bond motifs is 1. The standard InChI is InChI=1S/C19H18N6O3S/c20-10-12-1-6-16-14(9-12)7-8-24(16)17(26)11-29-19(23-21)25(22)15-4-2-13(3-5-15)18(27)28/h1-6,9H,7-8,11,21-22H2,(H,27,28)/b23-19+. The van der Waals surface area contributed by atoms with Crippen LogP contribution < -0.4 is 21.6 Å². The third-order valence-electron chi connectivity index (χ3n) is 4.44. The van der Waals surface area contributed by atoms with Crippen molar-refractivity contribution < 1.29 is 14.7 Å². The van der Waals surface area contributed by atoms with E-state index in [4.69, 9.17) is 22.1 Å². The molecule has 0 saturated heterocycles. The Morgan fingerprint density at radius 2 is 2.00 bits per heavy atom. The van der Waals surface area contributed by atoms with Crippen LogP contribution in [0, 0.1) is 11.3 Å². The highest BCUT2D eigenvalue weighted by Gasteiger charge is 2.25. The first-order chi connectivity index (χ1) is 13.9. The van der Waals surface area contributed by atoms with Crippen molar-refractivity contribution in [3.8, 4) is 6.07 Å². The van der Waals surface area contributed by atoms with E-state index in [-0.39, 0.29) is 22.4 Å². The number of nitrogens with two attached hydrogens (primary N) is 2. The molecule has 2 aromatic rings. The van der Waals surface area contributed by atoms with E-state index < -0.39 is 5.97 Å². The van der Waals surface area contributed by atoms with Gasteiger partial charge in [-0.3, -0.25) is 9.80 Å². The first kappa shape index (κ1) is 20.2. The average Bonchev–Trinajstić information content (AvgIpc) is 3.17. The topological polar surface area (TPSA) is 149 Å². The second kappa shape index (κ2) is 8.64. The Hall–Kier alpha value is -3.55. The molecule has 5 N–H and O–H groups in total. The maximum absolute atomic E-state index is 12.7. The van der Waals surface area contributed by atoms with Crippen LogP contribution in [0.2, 0.25) is 0 Å². The summed E-state index contributed by atoms with van der Waals surface area (Å²) in [6.07, 6.45) is 0.692. The number of hydrazone groups is 1. The van der Waals surface area contributed by atoms with Crippen LogP contribution in [-0.4, -0.2) is 34.4 Å². The number of carbonyl (C=O) groups is 2. The molecule has 1 aliphatic heterocycles. The number of anilines is 2. The fraction of sp³-hybridized carbons (Fsp3) is 0.158. The zero-order valence-electron chi connectivity index (χ0n) is 15.3. The molecule has 10 heteroatoms. The van der Waals surface area contributed by atoms with E-state index in [1.807, 2.05) is 0 Å². The number of hydrazine groups is 1. The van der Waals surface area contributed by atoms with Crippen LogP contribution in [0.25, 0.3) is 0 Å². The molecule has 1 aliphatic rings. The molecule has 0 unspecified atom stereocenters. The summed E-state index contributed by atoms with van der Waals surface area (Å²) in [4.78, 5) is 25.3. The molecular formula is C19H18N6O3S. The van der Waals surface area contributed by atoms with Gasteiger partial charge in [-0.1, -0.05) is 11.8 Å². The largest absolute Gasteiger partial charge is 0.478 e. The lowest BCUT2D eigenvalue weighted by atomic mass is 10.1. The van der Waals surface area contributed by atoms with Crippen molar-refractivity contribution in [2.24, 2.45) is 16.8 Å². The summed E-state index contributed by atoms with van der Waals surface area (Å²) in [5.41, 5.74) is 2.94. The fourth-order valence-electron chi connectivity index (χ4n) is 2.98. The first-order valence-corrected chi connectivity index (χ1v) is 9.55. The molecule has 29 heavy (non-hydrogen) atoms. The number of hydrogen-bond donors (Lipinski definition) is 3. The van der Waals surface area contributed by atoms with Gasteiger partial charge in [0.25, 0.3) is 0 Å². The van der Waals surface area contributed by atoms with Gasteiger partial charge in [-0.05, 0) is 54.4 Å². The molecule has 9 nitrogen and oxygen atoms in total. The minimum Gasteiger partial charge on any atom is -0.478 e. The number of amides is 1. The summed E-state index contributed by atoms with van der Waals surface area (Å²) in [5, 5.41) is 23.0. The number of carboxylic acids is 1. The molecule has 0 saturated carbocycles. The SMILES string of the molecule is N#Cc1ccc2c(c1)CCN2C(=O)CS/C(=N/N)N(N)c1ccc(C(=O)O)cc1. The van der Waals surface area contributed by atoms with Gasteiger partial charge in [0.1, 0.15) is 0 Å². The Kier molecular flexibility index (Phi) is 6.01. The zero-order valence-corrected chi connectivity index (χ0v) is 16.1. The second-order valence-electron chi connectivity index (χ2n) is 6.17. The van der Waals surface area contributed by atoms with Crippen LogP contribution in [-0.2, 0) is 11.2 Å². The monoisotopic (exact) mass is 410 g/mol. The maximum Gasteiger partial charge on any atom is 0.335 e. The molecule has 0 aliphatic carbocycles. The minimum absolute atomic E-state index is 0.0659. The van der Waals surface area contributed by atoms with Gasteiger partial charge in [0.15, 0.2) is 0 Å². The minimum atomic E-state index is -1.04. The van der Waals surface area contributed by atoms with E-state index in [1.54, 1.807) is 23.1 Å². The number of benzene rings is 2. The summed E-state index contributed by atoms with van der Waals surface area (Å²) < 4.78 is 0. The number of nitriles is 1. The summed E-state index contributed by atoms with van der Waals surface area (Å²) in [5.74, 6) is 10.4. The third kappa shape index (κ3) is 4.31. The smallest absolute Gasteiger partial charge is 0.335 e. The Bertz CT molecular complexity index is 1020. The van der Waals surface area contributed by atoms with Gasteiger partial charge in [0, 0.05) is 12.2 Å². The Morgan fingerprint density at radius 1 is 1.28 bits per heavy atom. The lowest BCUT2D eigenvalue weighted by Crippen LogP contribution is -2.38. The van der Waals surface area contributed by atoms with E-state index in [0.29, 0.717) is 24.2 Å². The normalized spacial score (nSPS) is 13.0. The van der Waals surface area contributed by atoms with Gasteiger partial charge in [-0.25, -0.2) is 10.6 Å². The average molecular weight is 410 g/mol. The van der Waals surface area contributed by atoms with Crippen LogP contribution in [0.15, 0.2) is 47.6 Å². The van der Waals surface area contributed by atoms with Crippen LogP contribution in [0.3, 0.4) is 0 Å². The van der Waals surface area contributed by atoms with Crippen molar-refractivity contribution in [3.63, 3.8) is 0 Å². The van der Waals surface area contributed by atoms with E-state index in [1.165, 1.54) is 29.3 Å². The van der Waals surface area contributed by atoms with Crippen LogP contribution in [0.1, 0.15) is 21.5 Å². The molecule has 0 bridgehead atoms. The molecule has 0 fully saturated rings. The number of hydrogen-bond acceptors (Lipinski definition) is 7. The number of carboxylic acid groups (broad SMARTS) is 1. The van der Waals surface area contributed by atoms with Gasteiger partial charge in [-0.15, -0.1) is 0 Å². The Balaban J connectivity index is 1.65. The quantitative estimate of drug-likeness (QED) is 0.297. The Morgan fingerprint density at radius 3 is 2.62 bits per heavy atom. The Labute approximate surface area is 171 Å². The van der Waals surface area contributed by atoms with E-state index in [2.05, 4.69) is 11.2 Å². The maximum atomic E-state index is 12.7. The van der Waals surface area contributed by atoms with E-state index >= 15 is 0 Å². The second-order valence-corrected chi connectivity index (χ2v) is 7.12. The van der Waals surface area contributed by atoms with Gasteiger partial charge >= 0.3 is 5.97 Å². The van der Waals surface area contributed by atoms with Gasteiger partial charge < -0.3 is 15.8 Å². The summed E-state index contributed by atoms with van der Waals surface area (Å²) in [7, 11) is 0. The zero-order chi connectivity index (χ0) is 21.0. The fourth-order valence-corrected chi connectivity index (χ4v) is 3.71. The molecule has 0 atom stereocenters. The molecule has 0 aromatic heterocycles. The summed E-state index contributed by atoms with van der Waals surface area (Å²) >= 11 is 1.08. The van der Waals surface area contributed by atoms with Crippen molar-refractivity contribution in [2.75, 3.05) is 22.2 Å². The van der Waals surface area contributed by atoms with Gasteiger partial charge in [0.2, 0.25) is 11.1 Å². The van der Waals surface area contributed by atoms with Crippen molar-refractivity contribution in [2.45, 2.75) is 6.42 Å². The van der Waals surface area contributed by atoms with Crippen LogP contribution in [0.5, 0.6) is 0 Å². The predicted molar refractivity (Wildman–Crippen MR) is 111 cm³/mol. The van der Waals surface area contributed by atoms with Crippen molar-refractivity contribution in [1.29, 1.82) is 5.26 Å².